The predicted molar refractivity (Wildman–Crippen MR) is 60.3 cm³/mol. The van der Waals surface area contributed by atoms with Gasteiger partial charge in [-0.1, -0.05) is 11.8 Å². The van der Waals surface area contributed by atoms with Crippen molar-refractivity contribution >= 4 is 27.7 Å². The first-order valence-corrected chi connectivity index (χ1v) is 5.65. The van der Waals surface area contributed by atoms with Crippen molar-refractivity contribution < 1.29 is 0 Å². The Morgan fingerprint density at radius 3 is 2.71 bits per heavy atom. The molecule has 0 unspecified atom stereocenters. The van der Waals surface area contributed by atoms with Crippen LogP contribution in [0, 0.1) is 0 Å². The third-order valence-corrected chi connectivity index (χ3v) is 3.47. The maximum absolute atomic E-state index is 4.26. The second kappa shape index (κ2) is 4.57. The molecule has 0 fully saturated rings. The number of nitrogens with zero attached hydrogens (tertiary/aromatic N) is 2. The van der Waals surface area contributed by atoms with Gasteiger partial charge in [0.05, 0.1) is 4.47 Å². The highest BCUT2D eigenvalue weighted by molar-refractivity contribution is 9.10. The first-order valence-electron chi connectivity index (χ1n) is 4.04. The Balaban J connectivity index is 2.24. The van der Waals surface area contributed by atoms with Crippen LogP contribution < -0.4 is 0 Å². The number of hydrogen-bond acceptors (Lipinski definition) is 3. The molecule has 14 heavy (non-hydrogen) atoms. The van der Waals surface area contributed by atoms with Crippen LogP contribution in [0.5, 0.6) is 0 Å². The normalized spacial score (nSPS) is 10.1. The number of pyridine rings is 2. The lowest BCUT2D eigenvalue weighted by Gasteiger charge is -2.01. The average molecular weight is 267 g/mol. The molecule has 4 heteroatoms. The van der Waals surface area contributed by atoms with Crippen molar-refractivity contribution in [3.05, 3.63) is 47.3 Å². The minimum Gasteiger partial charge on any atom is -0.264 e. The van der Waals surface area contributed by atoms with Gasteiger partial charge in [0.1, 0.15) is 5.03 Å². The van der Waals surface area contributed by atoms with Gasteiger partial charge in [0.15, 0.2) is 0 Å². The van der Waals surface area contributed by atoms with E-state index in [1.165, 1.54) is 0 Å². The van der Waals surface area contributed by atoms with Crippen molar-refractivity contribution in [1.82, 2.24) is 9.97 Å². The van der Waals surface area contributed by atoms with Gasteiger partial charge in [-0.2, -0.15) is 0 Å². The van der Waals surface area contributed by atoms with E-state index in [4.69, 9.17) is 0 Å². The second-order valence-electron chi connectivity index (χ2n) is 2.58. The molecule has 0 saturated carbocycles. The summed E-state index contributed by atoms with van der Waals surface area (Å²) in [6.07, 6.45) is 5.37. The van der Waals surface area contributed by atoms with E-state index in [1.807, 2.05) is 30.5 Å². The van der Waals surface area contributed by atoms with Gasteiger partial charge in [-0.25, -0.2) is 4.98 Å². The Kier molecular flexibility index (Phi) is 3.16. The molecular formula is C10H7BrN2S. The van der Waals surface area contributed by atoms with Crippen LogP contribution in [0.25, 0.3) is 0 Å². The Bertz CT molecular complexity index is 419. The third-order valence-electron chi connectivity index (χ3n) is 1.57. The molecule has 2 heterocycles. The molecule has 0 atom stereocenters. The Morgan fingerprint density at radius 2 is 2.00 bits per heavy atom. The van der Waals surface area contributed by atoms with Crippen molar-refractivity contribution in [2.45, 2.75) is 9.92 Å². The molecule has 70 valence electrons. The van der Waals surface area contributed by atoms with Gasteiger partial charge in [0, 0.05) is 23.5 Å². The maximum Gasteiger partial charge on any atom is 0.115 e. The first kappa shape index (κ1) is 9.68. The van der Waals surface area contributed by atoms with Crippen LogP contribution in [-0.2, 0) is 0 Å². The van der Waals surface area contributed by atoms with E-state index in [0.717, 1.165) is 14.4 Å². The highest BCUT2D eigenvalue weighted by atomic mass is 79.9. The van der Waals surface area contributed by atoms with Crippen molar-refractivity contribution in [3.63, 3.8) is 0 Å². The van der Waals surface area contributed by atoms with Gasteiger partial charge in [-0.05, 0) is 40.2 Å². The van der Waals surface area contributed by atoms with Crippen LogP contribution in [-0.4, -0.2) is 9.97 Å². The molecule has 0 aliphatic carbocycles. The van der Waals surface area contributed by atoms with Gasteiger partial charge >= 0.3 is 0 Å². The minimum absolute atomic E-state index is 0.959. The Labute approximate surface area is 94.9 Å². The highest BCUT2D eigenvalue weighted by Crippen LogP contribution is 2.30. The van der Waals surface area contributed by atoms with Crippen LogP contribution in [0.4, 0.5) is 0 Å². The number of halogens is 1. The zero-order valence-electron chi connectivity index (χ0n) is 7.22. The lowest BCUT2D eigenvalue weighted by molar-refractivity contribution is 1.10. The molecule has 2 nitrogen and oxygen atoms in total. The smallest absolute Gasteiger partial charge is 0.115 e. The fraction of sp³-hybridized carbons (Fsp3) is 0. The van der Waals surface area contributed by atoms with Gasteiger partial charge in [0.2, 0.25) is 0 Å². The van der Waals surface area contributed by atoms with Gasteiger partial charge in [-0.15, -0.1) is 0 Å². The molecule has 2 rings (SSSR count). The molecule has 0 N–H and O–H groups in total. The lowest BCUT2D eigenvalue weighted by Crippen LogP contribution is -1.80. The molecule has 2 aromatic heterocycles. The van der Waals surface area contributed by atoms with Crippen molar-refractivity contribution in [2.75, 3.05) is 0 Å². The second-order valence-corrected chi connectivity index (χ2v) is 4.50. The fourth-order valence-electron chi connectivity index (χ4n) is 0.965. The summed E-state index contributed by atoms with van der Waals surface area (Å²) >= 11 is 5.04. The molecule has 0 aliphatic heterocycles. The molecule has 0 amide bonds. The SMILES string of the molecule is Brc1cccnc1Sc1cccnc1. The fourth-order valence-corrected chi connectivity index (χ4v) is 2.23. The number of aromatic nitrogens is 2. The lowest BCUT2D eigenvalue weighted by atomic mass is 10.5. The summed E-state index contributed by atoms with van der Waals surface area (Å²) < 4.78 is 1.01. The van der Waals surface area contributed by atoms with Gasteiger partial charge in [0.25, 0.3) is 0 Å². The molecule has 0 spiro atoms. The van der Waals surface area contributed by atoms with Crippen LogP contribution in [0.15, 0.2) is 57.3 Å². The summed E-state index contributed by atoms with van der Waals surface area (Å²) in [5, 5.41) is 0.959. The van der Waals surface area contributed by atoms with Crippen LogP contribution in [0.1, 0.15) is 0 Å². The predicted octanol–water partition coefficient (Wildman–Crippen LogP) is 3.39. The summed E-state index contributed by atoms with van der Waals surface area (Å²) in [5.41, 5.74) is 0. The summed E-state index contributed by atoms with van der Waals surface area (Å²) in [5.74, 6) is 0. The van der Waals surface area contributed by atoms with Gasteiger partial charge in [-0.3, -0.25) is 4.98 Å². The van der Waals surface area contributed by atoms with Crippen LogP contribution >= 0.6 is 27.7 Å². The topological polar surface area (TPSA) is 25.8 Å². The van der Waals surface area contributed by atoms with E-state index in [9.17, 15) is 0 Å². The summed E-state index contributed by atoms with van der Waals surface area (Å²) in [6.45, 7) is 0. The van der Waals surface area contributed by atoms with E-state index >= 15 is 0 Å². The standard InChI is InChI=1S/C10H7BrN2S/c11-9-4-2-6-13-10(9)14-8-3-1-5-12-7-8/h1-7H. The summed E-state index contributed by atoms with van der Waals surface area (Å²) in [4.78, 5) is 9.40. The van der Waals surface area contributed by atoms with E-state index in [-0.39, 0.29) is 0 Å². The zero-order chi connectivity index (χ0) is 9.80. The van der Waals surface area contributed by atoms with Crippen molar-refractivity contribution in [1.29, 1.82) is 0 Å². The average Bonchev–Trinajstić information content (AvgIpc) is 2.23. The first-order chi connectivity index (χ1) is 6.86. The Hall–Kier alpha value is -0.870. The summed E-state index contributed by atoms with van der Waals surface area (Å²) in [7, 11) is 0. The van der Waals surface area contributed by atoms with E-state index < -0.39 is 0 Å². The number of rotatable bonds is 2. The third kappa shape index (κ3) is 2.33. The minimum atomic E-state index is 0.959. The van der Waals surface area contributed by atoms with Crippen LogP contribution in [0.3, 0.4) is 0 Å². The van der Waals surface area contributed by atoms with E-state index in [2.05, 4.69) is 25.9 Å². The monoisotopic (exact) mass is 266 g/mol. The zero-order valence-corrected chi connectivity index (χ0v) is 9.62. The molecule has 0 aromatic carbocycles. The highest BCUT2D eigenvalue weighted by Gasteiger charge is 2.01. The summed E-state index contributed by atoms with van der Waals surface area (Å²) in [6, 6.07) is 7.81. The molecule has 2 aromatic rings. The molecule has 0 radical (unpaired) electrons. The van der Waals surface area contributed by atoms with Crippen LogP contribution in [0.2, 0.25) is 0 Å². The Morgan fingerprint density at radius 1 is 1.14 bits per heavy atom. The number of hydrogen-bond donors (Lipinski definition) is 0. The van der Waals surface area contributed by atoms with Crippen molar-refractivity contribution in [3.8, 4) is 0 Å². The van der Waals surface area contributed by atoms with Crippen molar-refractivity contribution in [2.24, 2.45) is 0 Å². The largest absolute Gasteiger partial charge is 0.264 e. The maximum atomic E-state index is 4.26. The molecule has 0 saturated heterocycles. The molecule has 0 bridgehead atoms. The molecule has 0 aliphatic rings. The molecular weight excluding hydrogens is 260 g/mol. The van der Waals surface area contributed by atoms with Gasteiger partial charge < -0.3 is 0 Å². The quantitative estimate of drug-likeness (QED) is 0.834. The van der Waals surface area contributed by atoms with E-state index in [1.54, 1.807) is 24.2 Å². The van der Waals surface area contributed by atoms with E-state index in [0.29, 0.717) is 0 Å².